The van der Waals surface area contributed by atoms with Gasteiger partial charge in [-0.3, -0.25) is 9.69 Å². The Bertz CT molecular complexity index is 416. The van der Waals surface area contributed by atoms with Crippen LogP contribution in [-0.4, -0.2) is 43.6 Å². The van der Waals surface area contributed by atoms with E-state index < -0.39 is 0 Å². The maximum atomic E-state index is 12.2. The molecule has 0 atom stereocenters. The van der Waals surface area contributed by atoms with Crippen LogP contribution >= 0.6 is 0 Å². The Kier molecular flexibility index (Phi) is 7.79. The van der Waals surface area contributed by atoms with Crippen molar-refractivity contribution in [2.75, 3.05) is 32.1 Å². The van der Waals surface area contributed by atoms with Crippen LogP contribution in [0.5, 0.6) is 5.75 Å². The number of nitrogens with zero attached hydrogens (tertiary/aromatic N) is 1. The highest BCUT2D eigenvalue weighted by molar-refractivity contribution is 5.92. The van der Waals surface area contributed by atoms with Crippen LogP contribution in [0.2, 0.25) is 0 Å². The first-order valence-corrected chi connectivity index (χ1v) is 7.52. The number of nitrogens with two attached hydrogens (primary N) is 1. The maximum absolute atomic E-state index is 12.2. The number of rotatable bonds is 9. The number of methoxy groups -OCH3 is 1. The zero-order valence-corrected chi connectivity index (χ0v) is 13.3. The lowest BCUT2D eigenvalue weighted by molar-refractivity contribution is -0.117. The molecular formula is C16H27N3O2. The predicted molar refractivity (Wildman–Crippen MR) is 86.6 cm³/mol. The van der Waals surface area contributed by atoms with Crippen molar-refractivity contribution in [2.24, 2.45) is 5.73 Å². The highest BCUT2D eigenvalue weighted by Gasteiger charge is 2.17. The van der Waals surface area contributed by atoms with Crippen LogP contribution in [0.4, 0.5) is 5.69 Å². The van der Waals surface area contributed by atoms with Gasteiger partial charge in [0.1, 0.15) is 5.75 Å². The van der Waals surface area contributed by atoms with Gasteiger partial charge in [-0.25, -0.2) is 0 Å². The van der Waals surface area contributed by atoms with Crippen LogP contribution in [0.25, 0.3) is 0 Å². The van der Waals surface area contributed by atoms with Gasteiger partial charge in [-0.15, -0.1) is 0 Å². The molecule has 0 spiro atoms. The number of carbonyl (C=O) groups is 1. The summed E-state index contributed by atoms with van der Waals surface area (Å²) in [5.41, 5.74) is 6.43. The SMILES string of the molecule is CCC(CC)N(CCN)CC(=O)Nc1ccc(OC)cc1. The Morgan fingerprint density at radius 1 is 1.29 bits per heavy atom. The topological polar surface area (TPSA) is 67.6 Å². The van der Waals surface area contributed by atoms with Gasteiger partial charge < -0.3 is 15.8 Å². The Balaban J connectivity index is 2.59. The summed E-state index contributed by atoms with van der Waals surface area (Å²) in [6.07, 6.45) is 2.04. The molecule has 0 bridgehead atoms. The van der Waals surface area contributed by atoms with E-state index in [1.807, 2.05) is 24.3 Å². The zero-order chi connectivity index (χ0) is 15.7. The monoisotopic (exact) mass is 293 g/mol. The fourth-order valence-electron chi connectivity index (χ4n) is 2.42. The zero-order valence-electron chi connectivity index (χ0n) is 13.3. The maximum Gasteiger partial charge on any atom is 0.238 e. The van der Waals surface area contributed by atoms with Crippen LogP contribution in [0.1, 0.15) is 26.7 Å². The molecule has 1 aromatic rings. The van der Waals surface area contributed by atoms with Crippen molar-refractivity contribution in [1.82, 2.24) is 4.90 Å². The summed E-state index contributed by atoms with van der Waals surface area (Å²) in [7, 11) is 1.62. The molecule has 5 heteroatoms. The second-order valence-electron chi connectivity index (χ2n) is 5.01. The molecule has 0 unspecified atom stereocenters. The van der Waals surface area contributed by atoms with E-state index in [4.69, 9.17) is 10.5 Å². The summed E-state index contributed by atoms with van der Waals surface area (Å²) in [4.78, 5) is 14.3. The van der Waals surface area contributed by atoms with Crippen molar-refractivity contribution in [3.63, 3.8) is 0 Å². The molecule has 0 aliphatic rings. The van der Waals surface area contributed by atoms with Crippen molar-refractivity contribution >= 4 is 11.6 Å². The predicted octanol–water partition coefficient (Wildman–Crippen LogP) is 2.08. The first-order valence-electron chi connectivity index (χ1n) is 7.52. The molecule has 0 aliphatic heterocycles. The second-order valence-corrected chi connectivity index (χ2v) is 5.01. The highest BCUT2D eigenvalue weighted by atomic mass is 16.5. The molecule has 118 valence electrons. The van der Waals surface area contributed by atoms with Crippen molar-refractivity contribution in [2.45, 2.75) is 32.7 Å². The molecule has 0 radical (unpaired) electrons. The average molecular weight is 293 g/mol. The summed E-state index contributed by atoms with van der Waals surface area (Å²) in [5.74, 6) is 0.760. The molecule has 21 heavy (non-hydrogen) atoms. The smallest absolute Gasteiger partial charge is 0.238 e. The van der Waals surface area contributed by atoms with E-state index in [9.17, 15) is 4.79 Å². The van der Waals surface area contributed by atoms with Crippen molar-refractivity contribution in [3.8, 4) is 5.75 Å². The van der Waals surface area contributed by atoms with Crippen molar-refractivity contribution < 1.29 is 9.53 Å². The lowest BCUT2D eigenvalue weighted by Gasteiger charge is -2.29. The van der Waals surface area contributed by atoms with Gasteiger partial charge >= 0.3 is 0 Å². The van der Waals surface area contributed by atoms with E-state index >= 15 is 0 Å². The van der Waals surface area contributed by atoms with E-state index in [2.05, 4.69) is 24.1 Å². The number of carbonyl (C=O) groups excluding carboxylic acids is 1. The lowest BCUT2D eigenvalue weighted by atomic mass is 10.1. The third-order valence-corrected chi connectivity index (χ3v) is 3.60. The van der Waals surface area contributed by atoms with Gasteiger partial charge in [0.15, 0.2) is 0 Å². The van der Waals surface area contributed by atoms with Crippen LogP contribution in [0, 0.1) is 0 Å². The molecule has 0 saturated carbocycles. The number of anilines is 1. The summed E-state index contributed by atoms with van der Waals surface area (Å²) in [6, 6.07) is 7.72. The van der Waals surface area contributed by atoms with Crippen LogP contribution in [0.15, 0.2) is 24.3 Å². The van der Waals surface area contributed by atoms with Gasteiger partial charge in [-0.2, -0.15) is 0 Å². The number of amides is 1. The summed E-state index contributed by atoms with van der Waals surface area (Å²) in [6.45, 7) is 5.95. The largest absolute Gasteiger partial charge is 0.497 e. The molecule has 0 aromatic heterocycles. The van der Waals surface area contributed by atoms with Crippen molar-refractivity contribution in [1.29, 1.82) is 0 Å². The number of hydrogen-bond acceptors (Lipinski definition) is 4. The molecular weight excluding hydrogens is 266 g/mol. The molecule has 0 saturated heterocycles. The van der Waals surface area contributed by atoms with Crippen LogP contribution in [-0.2, 0) is 4.79 Å². The first kappa shape index (κ1) is 17.5. The Morgan fingerprint density at radius 3 is 2.38 bits per heavy atom. The Labute approximate surface area is 127 Å². The summed E-state index contributed by atoms with van der Waals surface area (Å²) in [5, 5.41) is 2.91. The minimum Gasteiger partial charge on any atom is -0.497 e. The van der Waals surface area contributed by atoms with Gasteiger partial charge in [0, 0.05) is 24.8 Å². The Hall–Kier alpha value is -1.59. The standard InChI is InChI=1S/C16H27N3O2/c1-4-14(5-2)19(11-10-17)12-16(20)18-13-6-8-15(21-3)9-7-13/h6-9,14H,4-5,10-12,17H2,1-3H3,(H,18,20). The van der Waals surface area contributed by atoms with E-state index in [0.29, 0.717) is 19.1 Å². The summed E-state index contributed by atoms with van der Waals surface area (Å²) < 4.78 is 5.10. The Morgan fingerprint density at radius 2 is 1.90 bits per heavy atom. The fraction of sp³-hybridized carbons (Fsp3) is 0.562. The van der Waals surface area contributed by atoms with E-state index in [1.54, 1.807) is 7.11 Å². The number of nitrogens with one attached hydrogen (secondary N) is 1. The minimum atomic E-state index is -0.0134. The molecule has 3 N–H and O–H groups in total. The van der Waals surface area contributed by atoms with Gasteiger partial charge in [-0.1, -0.05) is 13.8 Å². The molecule has 5 nitrogen and oxygen atoms in total. The molecule has 0 aliphatic carbocycles. The van der Waals surface area contributed by atoms with E-state index in [0.717, 1.165) is 30.8 Å². The van der Waals surface area contributed by atoms with Gasteiger partial charge in [0.2, 0.25) is 5.91 Å². The van der Waals surface area contributed by atoms with E-state index in [-0.39, 0.29) is 5.91 Å². The first-order chi connectivity index (χ1) is 10.1. The second kappa shape index (κ2) is 9.37. The molecule has 0 fully saturated rings. The molecule has 1 aromatic carbocycles. The number of benzene rings is 1. The highest BCUT2D eigenvalue weighted by Crippen LogP contribution is 2.15. The van der Waals surface area contributed by atoms with Crippen molar-refractivity contribution in [3.05, 3.63) is 24.3 Å². The fourth-order valence-corrected chi connectivity index (χ4v) is 2.42. The quantitative estimate of drug-likeness (QED) is 0.731. The molecule has 0 heterocycles. The lowest BCUT2D eigenvalue weighted by Crippen LogP contribution is -2.43. The van der Waals surface area contributed by atoms with E-state index in [1.165, 1.54) is 0 Å². The number of ether oxygens (including phenoxy) is 1. The van der Waals surface area contributed by atoms with Gasteiger partial charge in [0.25, 0.3) is 0 Å². The average Bonchev–Trinajstić information content (AvgIpc) is 2.49. The summed E-state index contributed by atoms with van der Waals surface area (Å²) >= 11 is 0. The normalized spacial score (nSPS) is 11.0. The third-order valence-electron chi connectivity index (χ3n) is 3.60. The molecule has 1 rings (SSSR count). The molecule has 1 amide bonds. The van der Waals surface area contributed by atoms with Gasteiger partial charge in [0.05, 0.1) is 13.7 Å². The minimum absolute atomic E-state index is 0.0134. The van der Waals surface area contributed by atoms with Crippen LogP contribution in [0.3, 0.4) is 0 Å². The third kappa shape index (κ3) is 5.73. The van der Waals surface area contributed by atoms with Crippen LogP contribution < -0.4 is 15.8 Å². The number of hydrogen-bond donors (Lipinski definition) is 2. The van der Waals surface area contributed by atoms with Gasteiger partial charge in [-0.05, 0) is 37.1 Å².